The van der Waals surface area contributed by atoms with Gasteiger partial charge in [0, 0.05) is 12.4 Å². The number of nitrogens with one attached hydrogen (secondary N) is 1. The largest absolute Gasteiger partial charge is 0.495 e. The number of nitrogens with zero attached hydrogens (tertiary/aromatic N) is 3. The first-order chi connectivity index (χ1) is 13.2. The van der Waals surface area contributed by atoms with Crippen LogP contribution in [0.15, 0.2) is 67.0 Å². The molecule has 2 amide bonds. The highest BCUT2D eigenvalue weighted by Crippen LogP contribution is 2.25. The van der Waals surface area contributed by atoms with E-state index in [2.05, 4.69) is 15.3 Å². The van der Waals surface area contributed by atoms with Crippen LogP contribution in [0.4, 0.5) is 10.5 Å². The number of benzene rings is 1. The second-order valence-electron chi connectivity index (χ2n) is 6.13. The van der Waals surface area contributed by atoms with Gasteiger partial charge in [0.1, 0.15) is 5.75 Å². The van der Waals surface area contributed by atoms with Crippen molar-refractivity contribution in [3.05, 3.63) is 83.9 Å². The molecule has 1 aromatic carbocycles. The summed E-state index contributed by atoms with van der Waals surface area (Å²) < 4.78 is 5.36. The average Bonchev–Trinajstić information content (AvgIpc) is 2.69. The average molecular weight is 362 g/mol. The van der Waals surface area contributed by atoms with Gasteiger partial charge in [0.05, 0.1) is 37.3 Å². The van der Waals surface area contributed by atoms with Crippen molar-refractivity contribution in [2.75, 3.05) is 12.4 Å². The summed E-state index contributed by atoms with van der Waals surface area (Å²) in [4.78, 5) is 23.3. The van der Waals surface area contributed by atoms with E-state index in [9.17, 15) is 4.79 Å². The number of carbonyl (C=O) groups is 1. The van der Waals surface area contributed by atoms with Crippen molar-refractivity contribution in [1.29, 1.82) is 0 Å². The van der Waals surface area contributed by atoms with E-state index in [-0.39, 0.29) is 6.03 Å². The van der Waals surface area contributed by atoms with Crippen molar-refractivity contribution >= 4 is 11.7 Å². The first kappa shape index (κ1) is 18.4. The van der Waals surface area contributed by atoms with Gasteiger partial charge < -0.3 is 15.0 Å². The highest BCUT2D eigenvalue weighted by molar-refractivity contribution is 5.91. The lowest BCUT2D eigenvalue weighted by molar-refractivity contribution is 0.205. The van der Waals surface area contributed by atoms with Gasteiger partial charge in [-0.15, -0.1) is 0 Å². The molecule has 0 radical (unpaired) electrons. The summed E-state index contributed by atoms with van der Waals surface area (Å²) in [6.07, 6.45) is 3.44. The van der Waals surface area contributed by atoms with Crippen LogP contribution in [0.3, 0.4) is 0 Å². The first-order valence-corrected chi connectivity index (χ1v) is 8.66. The van der Waals surface area contributed by atoms with E-state index in [1.165, 1.54) is 0 Å². The van der Waals surface area contributed by atoms with E-state index in [0.29, 0.717) is 24.5 Å². The number of amides is 2. The molecule has 1 N–H and O–H groups in total. The van der Waals surface area contributed by atoms with E-state index in [4.69, 9.17) is 4.74 Å². The molecule has 6 heteroatoms. The normalized spacial score (nSPS) is 10.3. The molecule has 27 heavy (non-hydrogen) atoms. The molecule has 0 saturated heterocycles. The number of carbonyl (C=O) groups excluding carboxylic acids is 1. The second-order valence-corrected chi connectivity index (χ2v) is 6.13. The molecule has 0 saturated carbocycles. The number of rotatable bonds is 6. The Hall–Kier alpha value is -3.41. The number of methoxy groups -OCH3 is 1. The second kappa shape index (κ2) is 8.80. The number of anilines is 1. The SMILES string of the molecule is COc1ccc(C)cc1NC(=O)N(Cc1ccccn1)Cc1ccccn1. The van der Waals surface area contributed by atoms with Gasteiger partial charge in [0.25, 0.3) is 0 Å². The summed E-state index contributed by atoms with van der Waals surface area (Å²) in [6.45, 7) is 2.71. The van der Waals surface area contributed by atoms with Crippen molar-refractivity contribution in [3.63, 3.8) is 0 Å². The lowest BCUT2D eigenvalue weighted by Gasteiger charge is -2.23. The summed E-state index contributed by atoms with van der Waals surface area (Å²) in [5, 5.41) is 2.95. The Balaban J connectivity index is 1.83. The van der Waals surface area contributed by atoms with Crippen LogP contribution in [-0.4, -0.2) is 28.0 Å². The lowest BCUT2D eigenvalue weighted by atomic mass is 10.2. The van der Waals surface area contributed by atoms with Gasteiger partial charge >= 0.3 is 6.03 Å². The Kier molecular flexibility index (Phi) is 5.99. The predicted molar refractivity (Wildman–Crippen MR) is 104 cm³/mol. The molecule has 6 nitrogen and oxygen atoms in total. The molecular weight excluding hydrogens is 340 g/mol. The number of aryl methyl sites for hydroxylation is 1. The molecule has 0 fully saturated rings. The van der Waals surface area contributed by atoms with Gasteiger partial charge in [-0.3, -0.25) is 9.97 Å². The minimum atomic E-state index is -0.241. The summed E-state index contributed by atoms with van der Waals surface area (Å²) in [5.74, 6) is 0.615. The standard InChI is InChI=1S/C21H22N4O2/c1-16-9-10-20(27-2)19(13-16)24-21(26)25(14-17-7-3-5-11-22-17)15-18-8-4-6-12-23-18/h3-13H,14-15H2,1-2H3,(H,24,26). The summed E-state index contributed by atoms with van der Waals surface area (Å²) in [5.41, 5.74) is 3.28. The van der Waals surface area contributed by atoms with Gasteiger partial charge in [-0.2, -0.15) is 0 Å². The molecule has 0 aliphatic rings. The Morgan fingerprint density at radius 3 is 2.15 bits per heavy atom. The van der Waals surface area contributed by atoms with Gasteiger partial charge in [0.2, 0.25) is 0 Å². The zero-order chi connectivity index (χ0) is 19.1. The topological polar surface area (TPSA) is 67.3 Å². The van der Waals surface area contributed by atoms with Crippen LogP contribution in [0.5, 0.6) is 5.75 Å². The fraction of sp³-hybridized carbons (Fsp3) is 0.190. The van der Waals surface area contributed by atoms with Crippen molar-refractivity contribution < 1.29 is 9.53 Å². The molecule has 0 aliphatic heterocycles. The predicted octanol–water partition coefficient (Wildman–Crippen LogP) is 4.03. The highest BCUT2D eigenvalue weighted by Gasteiger charge is 2.17. The minimum Gasteiger partial charge on any atom is -0.495 e. The third-order valence-electron chi connectivity index (χ3n) is 4.04. The maximum absolute atomic E-state index is 13.0. The maximum Gasteiger partial charge on any atom is 0.322 e. The molecule has 138 valence electrons. The fourth-order valence-corrected chi connectivity index (χ4v) is 2.69. The zero-order valence-corrected chi connectivity index (χ0v) is 15.4. The number of hydrogen-bond donors (Lipinski definition) is 1. The number of urea groups is 1. The van der Waals surface area contributed by atoms with Gasteiger partial charge in [-0.05, 0) is 48.9 Å². The van der Waals surface area contributed by atoms with E-state index in [1.807, 2.05) is 61.5 Å². The number of pyridine rings is 2. The van der Waals surface area contributed by atoms with Gasteiger partial charge in [-0.25, -0.2) is 4.79 Å². The molecule has 2 aromatic heterocycles. The number of ether oxygens (including phenoxy) is 1. The molecule has 3 aromatic rings. The van der Waals surface area contributed by atoms with Crippen molar-refractivity contribution in [2.45, 2.75) is 20.0 Å². The Morgan fingerprint density at radius 1 is 1.00 bits per heavy atom. The maximum atomic E-state index is 13.0. The third-order valence-corrected chi connectivity index (χ3v) is 4.04. The van der Waals surface area contributed by atoms with E-state index in [0.717, 1.165) is 17.0 Å². The monoisotopic (exact) mass is 362 g/mol. The number of hydrogen-bond acceptors (Lipinski definition) is 4. The van der Waals surface area contributed by atoms with Crippen LogP contribution in [0.25, 0.3) is 0 Å². The Bertz CT molecular complexity index is 844. The molecule has 2 heterocycles. The van der Waals surface area contributed by atoms with Crippen LogP contribution in [-0.2, 0) is 13.1 Å². The molecule has 0 unspecified atom stereocenters. The quantitative estimate of drug-likeness (QED) is 0.719. The van der Waals surface area contributed by atoms with Crippen molar-refractivity contribution in [2.24, 2.45) is 0 Å². The fourth-order valence-electron chi connectivity index (χ4n) is 2.69. The van der Waals surface area contributed by atoms with Crippen LogP contribution in [0, 0.1) is 6.92 Å². The van der Waals surface area contributed by atoms with Crippen molar-refractivity contribution in [1.82, 2.24) is 14.9 Å². The molecule has 0 bridgehead atoms. The molecule has 0 atom stereocenters. The van der Waals surface area contributed by atoms with Crippen LogP contribution >= 0.6 is 0 Å². The van der Waals surface area contributed by atoms with Crippen LogP contribution in [0.2, 0.25) is 0 Å². The Morgan fingerprint density at radius 2 is 1.63 bits per heavy atom. The van der Waals surface area contributed by atoms with E-state index < -0.39 is 0 Å². The van der Waals surface area contributed by atoms with Crippen LogP contribution < -0.4 is 10.1 Å². The van der Waals surface area contributed by atoms with Crippen LogP contribution in [0.1, 0.15) is 17.0 Å². The summed E-state index contributed by atoms with van der Waals surface area (Å²) >= 11 is 0. The summed E-state index contributed by atoms with van der Waals surface area (Å²) in [6, 6.07) is 16.7. The van der Waals surface area contributed by atoms with E-state index >= 15 is 0 Å². The Labute approximate surface area is 158 Å². The smallest absolute Gasteiger partial charge is 0.322 e. The van der Waals surface area contributed by atoms with Crippen molar-refractivity contribution in [3.8, 4) is 5.75 Å². The minimum absolute atomic E-state index is 0.241. The number of aromatic nitrogens is 2. The van der Waals surface area contributed by atoms with Gasteiger partial charge in [-0.1, -0.05) is 18.2 Å². The third kappa shape index (κ3) is 5.04. The molecule has 0 spiro atoms. The lowest BCUT2D eigenvalue weighted by Crippen LogP contribution is -2.34. The first-order valence-electron chi connectivity index (χ1n) is 8.66. The molecule has 3 rings (SSSR count). The highest BCUT2D eigenvalue weighted by atomic mass is 16.5. The zero-order valence-electron chi connectivity index (χ0n) is 15.4. The van der Waals surface area contributed by atoms with Gasteiger partial charge in [0.15, 0.2) is 0 Å². The molecule has 0 aliphatic carbocycles. The summed E-state index contributed by atoms with van der Waals surface area (Å²) in [7, 11) is 1.58. The van der Waals surface area contributed by atoms with E-state index in [1.54, 1.807) is 24.4 Å². The molecular formula is C21H22N4O2.